The minimum atomic E-state index is 0.313. The molecule has 2 heterocycles. The van der Waals surface area contributed by atoms with Gasteiger partial charge in [0.05, 0.1) is 6.61 Å². The van der Waals surface area contributed by atoms with Crippen molar-refractivity contribution in [1.29, 1.82) is 0 Å². The van der Waals surface area contributed by atoms with Gasteiger partial charge in [0.25, 0.3) is 0 Å². The summed E-state index contributed by atoms with van der Waals surface area (Å²) in [5.74, 6) is 1.69. The van der Waals surface area contributed by atoms with E-state index in [1.807, 2.05) is 6.07 Å². The Labute approximate surface area is 101 Å². The normalized spacial score (nSPS) is 22.1. The number of hydrogen-bond donors (Lipinski definition) is 1. The summed E-state index contributed by atoms with van der Waals surface area (Å²) in [6.07, 6.45) is 2.40. The molecule has 1 aromatic rings. The van der Waals surface area contributed by atoms with E-state index in [1.54, 1.807) is 7.11 Å². The van der Waals surface area contributed by atoms with E-state index in [2.05, 4.69) is 11.4 Å². The zero-order valence-corrected chi connectivity index (χ0v) is 9.99. The highest BCUT2D eigenvalue weighted by Crippen LogP contribution is 2.41. The van der Waals surface area contributed by atoms with Gasteiger partial charge in [-0.15, -0.1) is 0 Å². The van der Waals surface area contributed by atoms with Crippen molar-refractivity contribution in [2.75, 3.05) is 20.4 Å². The SMILES string of the molecule is COCc1c(C2CCCN2)ccc2c1OCO2. The molecule has 0 aromatic heterocycles. The van der Waals surface area contributed by atoms with Crippen LogP contribution in [0.25, 0.3) is 0 Å². The number of benzene rings is 1. The molecule has 17 heavy (non-hydrogen) atoms. The van der Waals surface area contributed by atoms with Gasteiger partial charge >= 0.3 is 0 Å². The van der Waals surface area contributed by atoms with Crippen molar-refractivity contribution in [2.24, 2.45) is 0 Å². The smallest absolute Gasteiger partial charge is 0.231 e. The van der Waals surface area contributed by atoms with E-state index in [1.165, 1.54) is 18.4 Å². The predicted molar refractivity (Wildman–Crippen MR) is 63.3 cm³/mol. The van der Waals surface area contributed by atoms with Crippen LogP contribution in [0.3, 0.4) is 0 Å². The molecule has 0 saturated carbocycles. The first-order chi connectivity index (χ1) is 8.40. The second-order valence-electron chi connectivity index (χ2n) is 4.45. The number of fused-ring (bicyclic) bond motifs is 1. The van der Waals surface area contributed by atoms with Crippen molar-refractivity contribution < 1.29 is 14.2 Å². The second-order valence-corrected chi connectivity index (χ2v) is 4.45. The largest absolute Gasteiger partial charge is 0.454 e. The van der Waals surface area contributed by atoms with E-state index in [0.29, 0.717) is 19.4 Å². The number of methoxy groups -OCH3 is 1. The maximum atomic E-state index is 5.55. The summed E-state index contributed by atoms with van der Waals surface area (Å²) in [6, 6.07) is 4.55. The van der Waals surface area contributed by atoms with Gasteiger partial charge < -0.3 is 19.5 Å². The summed E-state index contributed by atoms with van der Waals surface area (Å²) in [5, 5.41) is 3.51. The molecule has 0 spiro atoms. The van der Waals surface area contributed by atoms with E-state index in [-0.39, 0.29) is 0 Å². The van der Waals surface area contributed by atoms with Crippen molar-refractivity contribution in [3.8, 4) is 11.5 Å². The first-order valence-corrected chi connectivity index (χ1v) is 6.04. The third kappa shape index (κ3) is 1.87. The highest BCUT2D eigenvalue weighted by molar-refractivity contribution is 5.53. The third-order valence-corrected chi connectivity index (χ3v) is 3.40. The predicted octanol–water partition coefficient (Wildman–Crippen LogP) is 1.99. The minimum absolute atomic E-state index is 0.313. The molecule has 2 aliphatic rings. The molecule has 0 amide bonds. The number of rotatable bonds is 3. The molecule has 2 aliphatic heterocycles. The van der Waals surface area contributed by atoms with Crippen LogP contribution in [-0.4, -0.2) is 20.4 Å². The highest BCUT2D eigenvalue weighted by Gasteiger charge is 2.26. The fourth-order valence-electron chi connectivity index (χ4n) is 2.62. The van der Waals surface area contributed by atoms with Gasteiger partial charge in [0.2, 0.25) is 6.79 Å². The zero-order valence-electron chi connectivity index (χ0n) is 9.99. The van der Waals surface area contributed by atoms with Crippen molar-refractivity contribution in [3.05, 3.63) is 23.3 Å². The molecule has 4 heteroatoms. The van der Waals surface area contributed by atoms with E-state index < -0.39 is 0 Å². The zero-order chi connectivity index (χ0) is 11.7. The van der Waals surface area contributed by atoms with E-state index >= 15 is 0 Å². The fraction of sp³-hybridized carbons (Fsp3) is 0.538. The Balaban J connectivity index is 2.01. The van der Waals surface area contributed by atoms with Crippen LogP contribution in [0.1, 0.15) is 30.0 Å². The fourth-order valence-corrected chi connectivity index (χ4v) is 2.62. The summed E-state index contributed by atoms with van der Waals surface area (Å²) in [6.45, 7) is 1.97. The number of ether oxygens (including phenoxy) is 3. The van der Waals surface area contributed by atoms with Crippen LogP contribution in [-0.2, 0) is 11.3 Å². The van der Waals surface area contributed by atoms with Gasteiger partial charge in [-0.2, -0.15) is 0 Å². The van der Waals surface area contributed by atoms with Crippen LogP contribution >= 0.6 is 0 Å². The van der Waals surface area contributed by atoms with Gasteiger partial charge in [0.15, 0.2) is 11.5 Å². The molecule has 1 unspecified atom stereocenters. The average molecular weight is 235 g/mol. The molecule has 0 aliphatic carbocycles. The monoisotopic (exact) mass is 235 g/mol. The first kappa shape index (κ1) is 10.9. The Morgan fingerprint density at radius 2 is 2.35 bits per heavy atom. The summed E-state index contributed by atoms with van der Waals surface area (Å²) in [7, 11) is 1.71. The van der Waals surface area contributed by atoms with Crippen LogP contribution in [0.4, 0.5) is 0 Å². The van der Waals surface area contributed by atoms with Crippen molar-refractivity contribution in [2.45, 2.75) is 25.5 Å². The standard InChI is InChI=1S/C13H17NO3/c1-15-7-10-9(11-3-2-6-14-11)4-5-12-13(10)17-8-16-12/h4-5,11,14H,2-3,6-8H2,1H3. The van der Waals surface area contributed by atoms with Crippen LogP contribution in [0.15, 0.2) is 12.1 Å². The third-order valence-electron chi connectivity index (χ3n) is 3.40. The van der Waals surface area contributed by atoms with Crippen LogP contribution in [0, 0.1) is 0 Å². The highest BCUT2D eigenvalue weighted by atomic mass is 16.7. The van der Waals surface area contributed by atoms with Gasteiger partial charge in [-0.1, -0.05) is 6.07 Å². The Hall–Kier alpha value is -1.26. The van der Waals surface area contributed by atoms with Gasteiger partial charge in [-0.05, 0) is 31.0 Å². The number of nitrogens with one attached hydrogen (secondary N) is 1. The lowest BCUT2D eigenvalue weighted by atomic mass is 9.98. The topological polar surface area (TPSA) is 39.7 Å². The molecule has 1 atom stereocenters. The van der Waals surface area contributed by atoms with Crippen LogP contribution in [0.2, 0.25) is 0 Å². The van der Waals surface area contributed by atoms with E-state index in [0.717, 1.165) is 23.6 Å². The lowest BCUT2D eigenvalue weighted by Gasteiger charge is -2.17. The summed E-state index contributed by atoms with van der Waals surface area (Å²) in [4.78, 5) is 0. The average Bonchev–Trinajstić information content (AvgIpc) is 3.00. The van der Waals surface area contributed by atoms with Gasteiger partial charge in [-0.3, -0.25) is 0 Å². The summed E-state index contributed by atoms with van der Waals surface area (Å²) in [5.41, 5.74) is 2.41. The lowest BCUT2D eigenvalue weighted by Crippen LogP contribution is -2.15. The minimum Gasteiger partial charge on any atom is -0.454 e. The van der Waals surface area contributed by atoms with Gasteiger partial charge in [0.1, 0.15) is 0 Å². The molecule has 0 radical (unpaired) electrons. The molecule has 92 valence electrons. The molecule has 1 saturated heterocycles. The molecular formula is C13H17NO3. The van der Waals surface area contributed by atoms with E-state index in [4.69, 9.17) is 14.2 Å². The van der Waals surface area contributed by atoms with Gasteiger partial charge in [0, 0.05) is 18.7 Å². The van der Waals surface area contributed by atoms with Gasteiger partial charge in [-0.25, -0.2) is 0 Å². The lowest BCUT2D eigenvalue weighted by molar-refractivity contribution is 0.162. The summed E-state index contributed by atoms with van der Waals surface area (Å²) < 4.78 is 16.2. The van der Waals surface area contributed by atoms with Crippen LogP contribution in [0.5, 0.6) is 11.5 Å². The van der Waals surface area contributed by atoms with Crippen molar-refractivity contribution in [3.63, 3.8) is 0 Å². The maximum absolute atomic E-state index is 5.55. The summed E-state index contributed by atoms with van der Waals surface area (Å²) >= 11 is 0. The molecule has 4 nitrogen and oxygen atoms in total. The molecule has 1 aromatic carbocycles. The maximum Gasteiger partial charge on any atom is 0.231 e. The second kappa shape index (κ2) is 4.55. The van der Waals surface area contributed by atoms with Crippen LogP contribution < -0.4 is 14.8 Å². The molecule has 1 fully saturated rings. The quantitative estimate of drug-likeness (QED) is 0.869. The first-order valence-electron chi connectivity index (χ1n) is 6.04. The molecule has 0 bridgehead atoms. The Bertz CT molecular complexity index is 413. The Kier molecular flexibility index (Phi) is 2.91. The molecule has 1 N–H and O–H groups in total. The Morgan fingerprint density at radius 1 is 1.41 bits per heavy atom. The van der Waals surface area contributed by atoms with Crippen molar-refractivity contribution >= 4 is 0 Å². The van der Waals surface area contributed by atoms with Crippen molar-refractivity contribution in [1.82, 2.24) is 5.32 Å². The van der Waals surface area contributed by atoms with E-state index in [9.17, 15) is 0 Å². The number of hydrogen-bond acceptors (Lipinski definition) is 4. The Morgan fingerprint density at radius 3 is 3.12 bits per heavy atom. The molecule has 3 rings (SSSR count). The molecular weight excluding hydrogens is 218 g/mol.